The smallest absolute Gasteiger partial charge is 0.238 e. The van der Waals surface area contributed by atoms with Crippen LogP contribution in [0, 0.1) is 11.8 Å². The number of carbonyl (C=O) groups is 1. The molecule has 1 aliphatic heterocycles. The molecule has 2 rings (SSSR count). The molecule has 2 aliphatic rings. The second kappa shape index (κ2) is 4.12. The molecule has 3 atom stereocenters. The Morgan fingerprint density at radius 1 is 1.13 bits per heavy atom. The first-order valence-corrected chi connectivity index (χ1v) is 6.12. The van der Waals surface area contributed by atoms with Crippen LogP contribution in [-0.4, -0.2) is 29.6 Å². The third-order valence-corrected chi connectivity index (χ3v) is 3.80. The Labute approximate surface area is 92.2 Å². The molecule has 3 nitrogen and oxygen atoms in total. The lowest BCUT2D eigenvalue weighted by atomic mass is 9.80. The van der Waals surface area contributed by atoms with E-state index in [2.05, 4.69) is 31.0 Å². The first-order chi connectivity index (χ1) is 7.08. The summed E-state index contributed by atoms with van der Waals surface area (Å²) in [5, 5.41) is 3.22. The minimum Gasteiger partial charge on any atom is -0.323 e. The summed E-state index contributed by atoms with van der Waals surface area (Å²) in [5.41, 5.74) is 0. The van der Waals surface area contributed by atoms with E-state index in [1.165, 1.54) is 19.3 Å². The van der Waals surface area contributed by atoms with Crippen LogP contribution in [0.4, 0.5) is 0 Å². The van der Waals surface area contributed by atoms with Crippen LogP contribution in [0.2, 0.25) is 0 Å². The van der Waals surface area contributed by atoms with Crippen molar-refractivity contribution in [3.05, 3.63) is 0 Å². The number of nitrogens with one attached hydrogen (secondary N) is 1. The lowest BCUT2D eigenvalue weighted by Gasteiger charge is -2.38. The number of carbonyl (C=O) groups excluding carboxylic acids is 1. The Morgan fingerprint density at radius 2 is 1.73 bits per heavy atom. The van der Waals surface area contributed by atoms with Crippen molar-refractivity contribution in [2.45, 2.75) is 52.2 Å². The van der Waals surface area contributed by atoms with E-state index >= 15 is 0 Å². The quantitative estimate of drug-likeness (QED) is 0.713. The van der Waals surface area contributed by atoms with E-state index in [0.717, 1.165) is 11.8 Å². The number of amides is 1. The number of rotatable bonds is 1. The Hall–Kier alpha value is -0.570. The van der Waals surface area contributed by atoms with Gasteiger partial charge in [0.1, 0.15) is 0 Å². The molecule has 3 heteroatoms. The van der Waals surface area contributed by atoms with Gasteiger partial charge in [-0.2, -0.15) is 0 Å². The number of hydrogen-bond donors (Lipinski definition) is 1. The summed E-state index contributed by atoms with van der Waals surface area (Å²) in [6.45, 7) is 7.23. The van der Waals surface area contributed by atoms with Crippen LogP contribution in [-0.2, 0) is 4.79 Å². The average molecular weight is 210 g/mol. The molecule has 1 N–H and O–H groups in total. The van der Waals surface area contributed by atoms with Crippen molar-refractivity contribution in [2.24, 2.45) is 11.8 Å². The van der Waals surface area contributed by atoms with Crippen molar-refractivity contribution >= 4 is 5.91 Å². The highest BCUT2D eigenvalue weighted by atomic mass is 16.2. The van der Waals surface area contributed by atoms with Gasteiger partial charge >= 0.3 is 0 Å². The van der Waals surface area contributed by atoms with Gasteiger partial charge < -0.3 is 4.90 Å². The van der Waals surface area contributed by atoms with Gasteiger partial charge in [-0.1, -0.05) is 13.8 Å². The third kappa shape index (κ3) is 2.17. The van der Waals surface area contributed by atoms with E-state index in [1.807, 2.05) is 0 Å². The first-order valence-electron chi connectivity index (χ1n) is 6.12. The topological polar surface area (TPSA) is 32.3 Å². The molecule has 0 aromatic rings. The molecule has 2 fully saturated rings. The predicted octanol–water partition coefficient (Wildman–Crippen LogP) is 1.59. The predicted molar refractivity (Wildman–Crippen MR) is 60.3 cm³/mol. The third-order valence-electron chi connectivity index (χ3n) is 3.80. The average Bonchev–Trinajstić information content (AvgIpc) is 2.44. The molecular weight excluding hydrogens is 188 g/mol. The summed E-state index contributed by atoms with van der Waals surface area (Å²) in [6, 6.07) is 0.473. The summed E-state index contributed by atoms with van der Waals surface area (Å²) < 4.78 is 0. The van der Waals surface area contributed by atoms with Crippen LogP contribution in [0.5, 0.6) is 0 Å². The Morgan fingerprint density at radius 3 is 2.20 bits per heavy atom. The lowest BCUT2D eigenvalue weighted by molar-refractivity contribution is -0.131. The van der Waals surface area contributed by atoms with Crippen molar-refractivity contribution in [1.82, 2.24) is 10.2 Å². The van der Waals surface area contributed by atoms with Gasteiger partial charge in [0.25, 0.3) is 0 Å². The van der Waals surface area contributed by atoms with E-state index < -0.39 is 0 Å². The molecule has 1 heterocycles. The van der Waals surface area contributed by atoms with Crippen LogP contribution in [0.15, 0.2) is 0 Å². The van der Waals surface area contributed by atoms with E-state index in [-0.39, 0.29) is 12.1 Å². The first kappa shape index (κ1) is 10.9. The molecule has 0 spiro atoms. The minimum atomic E-state index is 0.236. The second-order valence-electron chi connectivity index (χ2n) is 5.43. The summed E-state index contributed by atoms with van der Waals surface area (Å²) in [4.78, 5) is 13.8. The molecule has 0 aromatic carbocycles. The van der Waals surface area contributed by atoms with Crippen molar-refractivity contribution < 1.29 is 4.79 Å². The molecule has 1 amide bonds. The zero-order valence-corrected chi connectivity index (χ0v) is 9.99. The van der Waals surface area contributed by atoms with Gasteiger partial charge in [0, 0.05) is 6.04 Å². The van der Waals surface area contributed by atoms with Crippen molar-refractivity contribution in [3.8, 4) is 0 Å². The highest BCUT2D eigenvalue weighted by molar-refractivity contribution is 5.80. The van der Waals surface area contributed by atoms with E-state index in [9.17, 15) is 4.79 Å². The summed E-state index contributed by atoms with van der Waals surface area (Å²) in [6.07, 6.45) is 3.92. The fraction of sp³-hybridized carbons (Fsp3) is 0.917. The normalized spacial score (nSPS) is 42.3. The summed E-state index contributed by atoms with van der Waals surface area (Å²) >= 11 is 0. The minimum absolute atomic E-state index is 0.236. The molecule has 3 unspecified atom stereocenters. The molecule has 0 aromatic heterocycles. The highest BCUT2D eigenvalue weighted by Crippen LogP contribution is 2.32. The van der Waals surface area contributed by atoms with Crippen molar-refractivity contribution in [2.75, 3.05) is 6.54 Å². The van der Waals surface area contributed by atoms with Crippen LogP contribution in [0.1, 0.15) is 40.0 Å². The zero-order chi connectivity index (χ0) is 11.0. The molecule has 1 saturated heterocycles. The molecule has 0 radical (unpaired) electrons. The van der Waals surface area contributed by atoms with E-state index in [4.69, 9.17) is 0 Å². The van der Waals surface area contributed by atoms with Crippen LogP contribution < -0.4 is 5.32 Å². The van der Waals surface area contributed by atoms with E-state index in [0.29, 0.717) is 12.6 Å². The van der Waals surface area contributed by atoms with Crippen LogP contribution in [0.25, 0.3) is 0 Å². The van der Waals surface area contributed by atoms with Crippen LogP contribution >= 0.6 is 0 Å². The molecule has 0 bridgehead atoms. The highest BCUT2D eigenvalue weighted by Gasteiger charge is 2.36. The maximum absolute atomic E-state index is 11.8. The molecule has 86 valence electrons. The Balaban J connectivity index is 2.05. The van der Waals surface area contributed by atoms with Crippen molar-refractivity contribution in [1.29, 1.82) is 0 Å². The van der Waals surface area contributed by atoms with Gasteiger partial charge in [-0.05, 0) is 38.0 Å². The number of nitrogens with zero attached hydrogens (tertiary/aromatic N) is 1. The molecular formula is C12H22N2O. The zero-order valence-electron chi connectivity index (χ0n) is 9.99. The SMILES string of the molecule is CC1CC(C)CC(N2C(=O)CNC2C)C1. The fourth-order valence-corrected chi connectivity index (χ4v) is 3.29. The van der Waals surface area contributed by atoms with Gasteiger partial charge in [0.05, 0.1) is 12.7 Å². The number of hydrogen-bond acceptors (Lipinski definition) is 2. The molecule has 15 heavy (non-hydrogen) atoms. The van der Waals surface area contributed by atoms with Gasteiger partial charge in [0.15, 0.2) is 0 Å². The van der Waals surface area contributed by atoms with Gasteiger partial charge in [0.2, 0.25) is 5.91 Å². The maximum atomic E-state index is 11.8. The Kier molecular flexibility index (Phi) is 3.01. The lowest BCUT2D eigenvalue weighted by Crippen LogP contribution is -2.46. The van der Waals surface area contributed by atoms with Gasteiger partial charge in [-0.15, -0.1) is 0 Å². The molecule has 1 aliphatic carbocycles. The summed E-state index contributed by atoms with van der Waals surface area (Å²) in [7, 11) is 0. The standard InChI is InChI=1S/C12H22N2O/c1-8-4-9(2)6-11(5-8)14-10(3)13-7-12(14)15/h8-11,13H,4-7H2,1-3H3. The van der Waals surface area contributed by atoms with Gasteiger partial charge in [-0.25, -0.2) is 0 Å². The molecule has 1 saturated carbocycles. The Bertz CT molecular complexity index is 244. The van der Waals surface area contributed by atoms with Crippen molar-refractivity contribution in [3.63, 3.8) is 0 Å². The van der Waals surface area contributed by atoms with E-state index in [1.54, 1.807) is 0 Å². The largest absolute Gasteiger partial charge is 0.323 e. The monoisotopic (exact) mass is 210 g/mol. The fourth-order valence-electron chi connectivity index (χ4n) is 3.29. The second-order valence-corrected chi connectivity index (χ2v) is 5.43. The maximum Gasteiger partial charge on any atom is 0.238 e. The van der Waals surface area contributed by atoms with Gasteiger partial charge in [-0.3, -0.25) is 10.1 Å². The van der Waals surface area contributed by atoms with Crippen LogP contribution in [0.3, 0.4) is 0 Å². The summed E-state index contributed by atoms with van der Waals surface area (Å²) in [5.74, 6) is 1.81.